The molecule has 0 bridgehead atoms. The summed E-state index contributed by atoms with van der Waals surface area (Å²) in [5, 5.41) is 0. The molecule has 0 spiro atoms. The summed E-state index contributed by atoms with van der Waals surface area (Å²) in [4.78, 5) is 0. The maximum atomic E-state index is 2.35. The molecule has 5 rings (SSSR count). The molecule has 0 saturated heterocycles. The summed E-state index contributed by atoms with van der Waals surface area (Å²) in [6, 6.07) is 24.9. The SMILES string of the molecule is C.c1ccc2c(c1)CC1c3ccccc3CCc3cccc-2c31. The molecule has 0 aliphatic heterocycles. The van der Waals surface area contributed by atoms with Crippen molar-refractivity contribution in [2.24, 2.45) is 0 Å². The zero-order chi connectivity index (χ0) is 14.5. The van der Waals surface area contributed by atoms with Gasteiger partial charge in [0.1, 0.15) is 0 Å². The second kappa shape index (κ2) is 5.38. The minimum absolute atomic E-state index is 0. The summed E-state index contributed by atoms with van der Waals surface area (Å²) >= 11 is 0. The standard InChI is InChI=1S/C22H18.CH4/c1-3-9-18-15(6-1)12-13-16-8-5-11-20-19-10-4-2-7-17(19)14-21(18)22(16)20;/h1-11,21H,12-14H2;1H4. The first-order valence-corrected chi connectivity index (χ1v) is 8.19. The van der Waals surface area contributed by atoms with E-state index in [1.54, 1.807) is 16.7 Å². The molecule has 0 heterocycles. The van der Waals surface area contributed by atoms with Crippen LogP contribution >= 0.6 is 0 Å². The lowest BCUT2D eigenvalue weighted by Crippen LogP contribution is -2.14. The Bertz CT molecular complexity index is 873. The van der Waals surface area contributed by atoms with Crippen molar-refractivity contribution in [3.05, 3.63) is 94.5 Å². The molecule has 0 amide bonds. The van der Waals surface area contributed by atoms with Gasteiger partial charge in [-0.2, -0.15) is 0 Å². The molecule has 1 atom stereocenters. The Labute approximate surface area is 138 Å². The second-order valence-electron chi connectivity index (χ2n) is 6.49. The summed E-state index contributed by atoms with van der Waals surface area (Å²) in [5.74, 6) is 0.528. The smallest absolute Gasteiger partial charge is 0.0142 e. The Hall–Kier alpha value is -2.34. The predicted octanol–water partition coefficient (Wildman–Crippen LogP) is 5.78. The minimum atomic E-state index is 0. The largest absolute Gasteiger partial charge is 0.0776 e. The van der Waals surface area contributed by atoms with E-state index in [9.17, 15) is 0 Å². The van der Waals surface area contributed by atoms with Gasteiger partial charge < -0.3 is 0 Å². The van der Waals surface area contributed by atoms with Crippen LogP contribution in [0.5, 0.6) is 0 Å². The highest BCUT2D eigenvalue weighted by atomic mass is 14.3. The number of hydrogen-bond acceptors (Lipinski definition) is 0. The molecule has 0 fully saturated rings. The minimum Gasteiger partial charge on any atom is -0.0776 e. The molecular weight excluding hydrogens is 276 g/mol. The van der Waals surface area contributed by atoms with E-state index in [2.05, 4.69) is 66.7 Å². The van der Waals surface area contributed by atoms with E-state index in [4.69, 9.17) is 0 Å². The van der Waals surface area contributed by atoms with Crippen molar-refractivity contribution >= 4 is 0 Å². The van der Waals surface area contributed by atoms with E-state index in [0.29, 0.717) is 5.92 Å². The highest BCUT2D eigenvalue weighted by Crippen LogP contribution is 2.46. The van der Waals surface area contributed by atoms with Crippen molar-refractivity contribution in [2.45, 2.75) is 32.6 Å². The molecule has 0 nitrogen and oxygen atoms in total. The second-order valence-corrected chi connectivity index (χ2v) is 6.49. The van der Waals surface area contributed by atoms with E-state index >= 15 is 0 Å². The first-order chi connectivity index (χ1) is 10.9. The number of rotatable bonds is 0. The number of benzene rings is 3. The molecule has 2 aliphatic rings. The lowest BCUT2D eigenvalue weighted by Gasteiger charge is -2.29. The topological polar surface area (TPSA) is 0 Å². The normalized spacial score (nSPS) is 17.1. The quantitative estimate of drug-likeness (QED) is 0.494. The molecular formula is C23H22. The lowest BCUT2D eigenvalue weighted by molar-refractivity contribution is 0.788. The van der Waals surface area contributed by atoms with Crippen LogP contribution in [0, 0.1) is 0 Å². The van der Waals surface area contributed by atoms with E-state index in [1.165, 1.54) is 35.1 Å². The van der Waals surface area contributed by atoms with Crippen LogP contribution in [0.3, 0.4) is 0 Å². The average Bonchev–Trinajstić information content (AvgIpc) is 2.74. The monoisotopic (exact) mass is 298 g/mol. The molecule has 23 heavy (non-hydrogen) atoms. The zero-order valence-corrected chi connectivity index (χ0v) is 12.5. The molecule has 2 aliphatic carbocycles. The van der Waals surface area contributed by atoms with Crippen LogP contribution in [0.4, 0.5) is 0 Å². The van der Waals surface area contributed by atoms with Gasteiger partial charge in [0, 0.05) is 5.92 Å². The van der Waals surface area contributed by atoms with Gasteiger partial charge in [0.25, 0.3) is 0 Å². The number of hydrogen-bond donors (Lipinski definition) is 0. The third-order valence-corrected chi connectivity index (χ3v) is 5.37. The molecule has 0 N–H and O–H groups in total. The van der Waals surface area contributed by atoms with E-state index in [0.717, 1.165) is 6.42 Å². The van der Waals surface area contributed by atoms with Crippen LogP contribution in [-0.2, 0) is 19.3 Å². The lowest BCUT2D eigenvalue weighted by atomic mass is 9.74. The van der Waals surface area contributed by atoms with Crippen LogP contribution < -0.4 is 0 Å². The number of fused-ring (bicyclic) bond motifs is 4. The van der Waals surface area contributed by atoms with Gasteiger partial charge in [-0.15, -0.1) is 0 Å². The van der Waals surface area contributed by atoms with Crippen LogP contribution in [-0.4, -0.2) is 0 Å². The highest BCUT2D eigenvalue weighted by Gasteiger charge is 2.30. The van der Waals surface area contributed by atoms with Crippen molar-refractivity contribution in [2.75, 3.05) is 0 Å². The van der Waals surface area contributed by atoms with Gasteiger partial charge in [-0.25, -0.2) is 0 Å². The third-order valence-electron chi connectivity index (χ3n) is 5.37. The van der Waals surface area contributed by atoms with Gasteiger partial charge in [-0.05, 0) is 58.2 Å². The van der Waals surface area contributed by atoms with Crippen molar-refractivity contribution in [1.82, 2.24) is 0 Å². The fraction of sp³-hybridized carbons (Fsp3) is 0.217. The molecule has 3 aromatic rings. The first-order valence-electron chi connectivity index (χ1n) is 8.19. The maximum absolute atomic E-state index is 2.35. The van der Waals surface area contributed by atoms with Crippen LogP contribution in [0.15, 0.2) is 66.7 Å². The van der Waals surface area contributed by atoms with Crippen molar-refractivity contribution in [3.8, 4) is 11.1 Å². The van der Waals surface area contributed by atoms with Gasteiger partial charge in [0.15, 0.2) is 0 Å². The van der Waals surface area contributed by atoms with Gasteiger partial charge in [-0.1, -0.05) is 74.2 Å². The fourth-order valence-electron chi connectivity index (χ4n) is 4.40. The highest BCUT2D eigenvalue weighted by molar-refractivity contribution is 5.77. The van der Waals surface area contributed by atoms with Gasteiger partial charge in [0.05, 0.1) is 0 Å². The van der Waals surface area contributed by atoms with Crippen molar-refractivity contribution < 1.29 is 0 Å². The molecule has 0 radical (unpaired) electrons. The summed E-state index contributed by atoms with van der Waals surface area (Å²) in [6.07, 6.45) is 3.47. The Balaban J connectivity index is 0.00000135. The third kappa shape index (κ3) is 2.05. The Morgan fingerprint density at radius 1 is 0.609 bits per heavy atom. The average molecular weight is 298 g/mol. The zero-order valence-electron chi connectivity index (χ0n) is 12.5. The molecule has 1 unspecified atom stereocenters. The summed E-state index contributed by atoms with van der Waals surface area (Å²) in [6.45, 7) is 0. The first kappa shape index (κ1) is 14.3. The van der Waals surface area contributed by atoms with Crippen LogP contribution in [0.2, 0.25) is 0 Å². The van der Waals surface area contributed by atoms with Gasteiger partial charge >= 0.3 is 0 Å². The molecule has 0 heteroatoms. The summed E-state index contributed by atoms with van der Waals surface area (Å²) in [5.41, 5.74) is 10.6. The van der Waals surface area contributed by atoms with E-state index < -0.39 is 0 Å². The fourth-order valence-corrected chi connectivity index (χ4v) is 4.40. The number of aryl methyl sites for hydroxylation is 2. The van der Waals surface area contributed by atoms with E-state index in [-0.39, 0.29) is 7.43 Å². The van der Waals surface area contributed by atoms with E-state index in [1.807, 2.05) is 0 Å². The predicted molar refractivity (Wildman–Crippen MR) is 98.0 cm³/mol. The van der Waals surface area contributed by atoms with Crippen LogP contribution in [0.25, 0.3) is 11.1 Å². The molecule has 0 saturated carbocycles. The molecule has 3 aromatic carbocycles. The Morgan fingerprint density at radius 3 is 2.17 bits per heavy atom. The Morgan fingerprint density at radius 2 is 1.26 bits per heavy atom. The molecule has 0 aromatic heterocycles. The van der Waals surface area contributed by atoms with Gasteiger partial charge in [0.2, 0.25) is 0 Å². The van der Waals surface area contributed by atoms with Crippen molar-refractivity contribution in [1.29, 1.82) is 0 Å². The van der Waals surface area contributed by atoms with Crippen molar-refractivity contribution in [3.63, 3.8) is 0 Å². The van der Waals surface area contributed by atoms with Gasteiger partial charge in [-0.3, -0.25) is 0 Å². The Kier molecular flexibility index (Phi) is 3.34. The molecule has 114 valence electrons. The summed E-state index contributed by atoms with van der Waals surface area (Å²) < 4.78 is 0. The maximum Gasteiger partial charge on any atom is 0.0142 e. The van der Waals surface area contributed by atoms with Crippen LogP contribution in [0.1, 0.15) is 41.2 Å². The summed E-state index contributed by atoms with van der Waals surface area (Å²) in [7, 11) is 0.